The summed E-state index contributed by atoms with van der Waals surface area (Å²) in [6.45, 7) is 0. The molecule has 274 valence electrons. The van der Waals surface area contributed by atoms with Crippen LogP contribution < -0.4 is 4.74 Å². The minimum absolute atomic E-state index is 0.591. The first-order valence-electron chi connectivity index (χ1n) is 19.9. The van der Waals surface area contributed by atoms with E-state index in [-0.39, 0.29) is 0 Å². The monoisotopic (exact) mass is 769 g/mol. The molecule has 13 rings (SSSR count). The maximum absolute atomic E-state index is 6.67. The molecule has 11 aromatic rings. The van der Waals surface area contributed by atoms with E-state index in [1.54, 1.807) is 11.3 Å². The van der Waals surface area contributed by atoms with E-state index in [2.05, 4.69) is 170 Å². The van der Waals surface area contributed by atoms with Gasteiger partial charge in [0.1, 0.15) is 11.5 Å². The quantitative estimate of drug-likeness (QED) is 0.168. The molecule has 0 atom stereocenters. The molecule has 0 N–H and O–H groups in total. The lowest BCUT2D eigenvalue weighted by Gasteiger charge is -2.39. The second-order valence-corrected chi connectivity index (χ2v) is 16.4. The molecule has 4 nitrogen and oxygen atoms in total. The third-order valence-electron chi connectivity index (χ3n) is 12.3. The molecule has 2 aliphatic rings. The summed E-state index contributed by atoms with van der Waals surface area (Å²) < 4.78 is 8.94. The average Bonchev–Trinajstić information content (AvgIpc) is 3.83. The minimum atomic E-state index is -0.591. The van der Waals surface area contributed by atoms with Crippen molar-refractivity contribution in [1.29, 1.82) is 0 Å². The Kier molecular flexibility index (Phi) is 6.78. The van der Waals surface area contributed by atoms with Gasteiger partial charge >= 0.3 is 0 Å². The molecule has 1 spiro atoms. The third kappa shape index (κ3) is 4.51. The lowest BCUT2D eigenvalue weighted by molar-refractivity contribution is 0.436. The van der Waals surface area contributed by atoms with Gasteiger partial charge in [-0.25, -0.2) is 15.0 Å². The number of hydrogen-bond acceptors (Lipinski definition) is 5. The van der Waals surface area contributed by atoms with Crippen molar-refractivity contribution in [2.75, 3.05) is 0 Å². The lowest BCUT2D eigenvalue weighted by Crippen LogP contribution is -2.32. The van der Waals surface area contributed by atoms with Crippen molar-refractivity contribution in [3.63, 3.8) is 0 Å². The van der Waals surface area contributed by atoms with Crippen molar-refractivity contribution >= 4 is 53.3 Å². The Bertz CT molecular complexity index is 3490. The molecule has 1 aliphatic carbocycles. The van der Waals surface area contributed by atoms with Gasteiger partial charge < -0.3 is 4.74 Å². The number of rotatable bonds is 3. The molecule has 0 unspecified atom stereocenters. The zero-order valence-corrected chi connectivity index (χ0v) is 32.4. The van der Waals surface area contributed by atoms with Crippen molar-refractivity contribution in [1.82, 2.24) is 15.0 Å². The SMILES string of the molecule is c1ccc(-c2nc(-c3ccc4nc(-c5ccccc5)c5ccc6c(c5c4c3)-c3ccccc3C63c4ccccc4Oc4ccccc43)c3sc4ccccc4c3n2)cc1. The minimum Gasteiger partial charge on any atom is -0.457 e. The van der Waals surface area contributed by atoms with E-state index in [0.29, 0.717) is 5.82 Å². The van der Waals surface area contributed by atoms with Crippen LogP contribution in [0.2, 0.25) is 0 Å². The normalized spacial score (nSPS) is 13.4. The average molecular weight is 770 g/mol. The maximum atomic E-state index is 6.67. The summed E-state index contributed by atoms with van der Waals surface area (Å²) in [7, 11) is 0. The Labute approximate surface area is 343 Å². The van der Waals surface area contributed by atoms with Crippen LogP contribution >= 0.6 is 11.3 Å². The largest absolute Gasteiger partial charge is 0.457 e. The molecular formula is C54H31N3OS. The van der Waals surface area contributed by atoms with Crippen molar-refractivity contribution in [2.45, 2.75) is 5.41 Å². The highest BCUT2D eigenvalue weighted by Gasteiger charge is 2.51. The summed E-state index contributed by atoms with van der Waals surface area (Å²) in [6, 6.07) is 66.9. The molecule has 5 heteroatoms. The first-order valence-corrected chi connectivity index (χ1v) is 20.8. The summed E-state index contributed by atoms with van der Waals surface area (Å²) in [6.07, 6.45) is 0. The second-order valence-electron chi connectivity index (χ2n) is 15.4. The van der Waals surface area contributed by atoms with Crippen molar-refractivity contribution in [3.05, 3.63) is 210 Å². The third-order valence-corrected chi connectivity index (χ3v) is 13.5. The van der Waals surface area contributed by atoms with Crippen LogP contribution in [-0.2, 0) is 5.41 Å². The van der Waals surface area contributed by atoms with Crippen LogP contribution in [0.3, 0.4) is 0 Å². The van der Waals surface area contributed by atoms with E-state index in [0.717, 1.165) is 82.6 Å². The lowest BCUT2D eigenvalue weighted by atomic mass is 9.66. The Morgan fingerprint density at radius 1 is 0.441 bits per heavy atom. The summed E-state index contributed by atoms with van der Waals surface area (Å²) in [5, 5.41) is 4.53. The number of hydrogen-bond donors (Lipinski definition) is 0. The fraction of sp³-hybridized carbons (Fsp3) is 0.0185. The van der Waals surface area contributed by atoms with Gasteiger partial charge in [-0.15, -0.1) is 11.3 Å². The van der Waals surface area contributed by atoms with E-state index in [1.165, 1.54) is 32.3 Å². The number of para-hydroxylation sites is 2. The molecule has 4 heterocycles. The number of ether oxygens (including phenoxy) is 1. The summed E-state index contributed by atoms with van der Waals surface area (Å²) >= 11 is 1.76. The van der Waals surface area contributed by atoms with Crippen molar-refractivity contribution < 1.29 is 4.74 Å². The van der Waals surface area contributed by atoms with Crippen molar-refractivity contribution in [3.8, 4) is 56.5 Å². The van der Waals surface area contributed by atoms with E-state index in [4.69, 9.17) is 19.7 Å². The van der Waals surface area contributed by atoms with Gasteiger partial charge in [-0.3, -0.25) is 0 Å². The van der Waals surface area contributed by atoms with Crippen LogP contribution in [0.25, 0.3) is 87.0 Å². The number of thiophene rings is 1. The zero-order valence-electron chi connectivity index (χ0n) is 31.6. The predicted molar refractivity (Wildman–Crippen MR) is 241 cm³/mol. The molecule has 0 amide bonds. The van der Waals surface area contributed by atoms with Gasteiger partial charge in [-0.1, -0.05) is 158 Å². The molecule has 0 radical (unpaired) electrons. The van der Waals surface area contributed by atoms with Crippen LogP contribution in [0.5, 0.6) is 11.5 Å². The van der Waals surface area contributed by atoms with Crippen molar-refractivity contribution in [2.24, 2.45) is 0 Å². The molecule has 59 heavy (non-hydrogen) atoms. The smallest absolute Gasteiger partial charge is 0.160 e. The molecule has 0 saturated carbocycles. The number of nitrogens with zero attached hydrogens (tertiary/aromatic N) is 3. The van der Waals surface area contributed by atoms with Gasteiger partial charge in [0.25, 0.3) is 0 Å². The van der Waals surface area contributed by atoms with Crippen LogP contribution in [0.1, 0.15) is 22.3 Å². The van der Waals surface area contributed by atoms with Crippen LogP contribution in [0.15, 0.2) is 188 Å². The highest BCUT2D eigenvalue weighted by molar-refractivity contribution is 7.26. The number of fused-ring (bicyclic) bond motifs is 16. The summed E-state index contributed by atoms with van der Waals surface area (Å²) in [5.41, 5.74) is 13.6. The van der Waals surface area contributed by atoms with E-state index in [1.807, 2.05) is 18.2 Å². The van der Waals surface area contributed by atoms with Gasteiger partial charge in [0.15, 0.2) is 5.82 Å². The Hall–Kier alpha value is -7.47. The molecule has 0 saturated heterocycles. The van der Waals surface area contributed by atoms with Gasteiger partial charge in [0.2, 0.25) is 0 Å². The Morgan fingerprint density at radius 3 is 1.88 bits per heavy atom. The highest BCUT2D eigenvalue weighted by Crippen LogP contribution is 2.63. The van der Waals surface area contributed by atoms with Crippen LogP contribution in [-0.4, -0.2) is 15.0 Å². The number of aromatic nitrogens is 3. The fourth-order valence-corrected chi connectivity index (χ4v) is 11.1. The van der Waals surface area contributed by atoms with E-state index < -0.39 is 5.41 Å². The second kappa shape index (κ2) is 12.3. The standard InChI is InChI=1S/C54H31N3OS/c1-3-15-32(16-4-1)49-37-28-29-42-48(35-19-7-9-21-39(35)54(42)40-22-10-12-24-44(40)58-45-25-13-11-23-41(45)54)47(37)38-31-34(27-30-43(38)55-49)50-52-51(36-20-8-14-26-46(36)59-52)57-53(56-50)33-17-5-2-6-18-33/h1-31H. The molecule has 1 aliphatic heterocycles. The first kappa shape index (κ1) is 32.6. The first-order chi connectivity index (χ1) is 29.3. The van der Waals surface area contributed by atoms with E-state index >= 15 is 0 Å². The van der Waals surface area contributed by atoms with Gasteiger partial charge in [0.05, 0.1) is 32.5 Å². The topological polar surface area (TPSA) is 47.9 Å². The van der Waals surface area contributed by atoms with Crippen LogP contribution in [0.4, 0.5) is 0 Å². The maximum Gasteiger partial charge on any atom is 0.160 e. The number of benzene rings is 8. The van der Waals surface area contributed by atoms with Gasteiger partial charge in [-0.05, 0) is 52.6 Å². The fourth-order valence-electron chi connectivity index (χ4n) is 9.90. The molecule has 8 aromatic carbocycles. The Balaban J connectivity index is 1.18. The summed E-state index contributed by atoms with van der Waals surface area (Å²) in [4.78, 5) is 16.1. The molecule has 0 fully saturated rings. The predicted octanol–water partition coefficient (Wildman–Crippen LogP) is 14.0. The Morgan fingerprint density at radius 2 is 1.10 bits per heavy atom. The molecule has 0 bridgehead atoms. The van der Waals surface area contributed by atoms with Gasteiger partial charge in [0, 0.05) is 54.1 Å². The van der Waals surface area contributed by atoms with Crippen LogP contribution in [0, 0.1) is 0 Å². The summed E-state index contributed by atoms with van der Waals surface area (Å²) in [5.74, 6) is 2.48. The highest BCUT2D eigenvalue weighted by atomic mass is 32.1. The number of pyridine rings is 1. The molecule has 3 aromatic heterocycles. The van der Waals surface area contributed by atoms with E-state index in [9.17, 15) is 0 Å². The molecular weight excluding hydrogens is 739 g/mol. The zero-order chi connectivity index (χ0) is 38.7. The van der Waals surface area contributed by atoms with Gasteiger partial charge in [-0.2, -0.15) is 0 Å².